The molecule has 1 unspecified atom stereocenters. The Morgan fingerprint density at radius 1 is 1.04 bits per heavy atom. The molecule has 1 saturated carbocycles. The highest BCUT2D eigenvalue weighted by atomic mass is 32.2. The molecule has 1 aromatic heterocycles. The van der Waals surface area contributed by atoms with E-state index < -0.39 is 44.7 Å². The Morgan fingerprint density at radius 3 is 2.36 bits per heavy atom. The summed E-state index contributed by atoms with van der Waals surface area (Å²) in [6, 6.07) is 21.9. The minimum absolute atomic E-state index is 0.0166. The quantitative estimate of drug-likeness (QED) is 0.125. The number of carbonyl (C=O) groups is 2. The molecule has 2 amide bonds. The Hall–Kier alpha value is -5.37. The van der Waals surface area contributed by atoms with Crippen LogP contribution in [-0.2, 0) is 27.8 Å². The average Bonchev–Trinajstić information content (AvgIpc) is 3.84. The zero-order chi connectivity index (χ0) is 38.6. The summed E-state index contributed by atoms with van der Waals surface area (Å²) in [5.41, 5.74) is 1.06. The third-order valence-corrected chi connectivity index (χ3v) is 10.3. The van der Waals surface area contributed by atoms with E-state index in [1.165, 1.54) is 16.8 Å². The van der Waals surface area contributed by atoms with Gasteiger partial charge in [0.05, 0.1) is 44.3 Å². The highest BCUT2D eigenvalue weighted by Crippen LogP contribution is 2.43. The van der Waals surface area contributed by atoms with Crippen molar-refractivity contribution in [2.24, 2.45) is 5.92 Å². The number of amides is 2. The predicted octanol–water partition coefficient (Wildman–Crippen LogP) is 8.20. The predicted molar refractivity (Wildman–Crippen MR) is 202 cm³/mol. The standard InChI is InChI=1S/C40H44FN7O4S/c1-38(2,3)52-37(50)44-25-28-9-8-10-31(21-28)48-34(23-35(43-7)46-48)36(49)45-33-22-30(17-18-32(33)41)40(20-19-26-11-12-26,47-53(51)39(4,5)6)29-15-13-27(24-42)14-16-29/h8-10,13-18,21-23,26,47H,11-12,19-20,25H2,1-6H3,(H,44,50)(H,45,49)/t40?,53-/m1/s1. The summed E-state index contributed by atoms with van der Waals surface area (Å²) in [6.45, 7) is 18.6. The summed E-state index contributed by atoms with van der Waals surface area (Å²) in [5.74, 6) is -0.938. The lowest BCUT2D eigenvalue weighted by Gasteiger charge is -2.38. The Morgan fingerprint density at radius 2 is 1.74 bits per heavy atom. The molecule has 5 rings (SSSR count). The van der Waals surface area contributed by atoms with Gasteiger partial charge in [-0.25, -0.2) is 18.1 Å². The molecule has 1 aliphatic rings. The molecule has 0 spiro atoms. The van der Waals surface area contributed by atoms with Crippen molar-refractivity contribution < 1.29 is 22.9 Å². The molecule has 3 aromatic carbocycles. The van der Waals surface area contributed by atoms with Gasteiger partial charge in [-0.05, 0) is 125 Å². The summed E-state index contributed by atoms with van der Waals surface area (Å²) < 4.78 is 38.9. The first kappa shape index (κ1) is 38.9. The van der Waals surface area contributed by atoms with Crippen LogP contribution in [0, 0.1) is 29.6 Å². The molecule has 1 fully saturated rings. The number of hydrogen-bond donors (Lipinski definition) is 3. The van der Waals surface area contributed by atoms with E-state index in [2.05, 4.69) is 31.4 Å². The highest BCUT2D eigenvalue weighted by molar-refractivity contribution is 7.84. The van der Waals surface area contributed by atoms with Crippen molar-refractivity contribution >= 4 is 34.5 Å². The van der Waals surface area contributed by atoms with E-state index in [-0.39, 0.29) is 23.7 Å². The number of rotatable bonds is 12. The molecule has 1 aliphatic carbocycles. The molecule has 4 aromatic rings. The lowest BCUT2D eigenvalue weighted by molar-refractivity contribution is 0.0523. The fraction of sp³-hybridized carbons (Fsp3) is 0.375. The fourth-order valence-electron chi connectivity index (χ4n) is 5.73. The van der Waals surface area contributed by atoms with E-state index >= 15 is 4.39 Å². The number of aromatic nitrogens is 2. The van der Waals surface area contributed by atoms with Crippen LogP contribution in [0.5, 0.6) is 0 Å². The highest BCUT2D eigenvalue weighted by Gasteiger charge is 2.40. The van der Waals surface area contributed by atoms with Crippen molar-refractivity contribution in [2.75, 3.05) is 5.32 Å². The number of ether oxygens (including phenoxy) is 1. The van der Waals surface area contributed by atoms with Gasteiger partial charge in [0.1, 0.15) is 17.1 Å². The van der Waals surface area contributed by atoms with Crippen molar-refractivity contribution in [3.8, 4) is 11.8 Å². The van der Waals surface area contributed by atoms with E-state index in [0.717, 1.165) is 24.8 Å². The van der Waals surface area contributed by atoms with Gasteiger partial charge in [-0.3, -0.25) is 4.79 Å². The Bertz CT molecular complexity index is 2100. The van der Waals surface area contributed by atoms with Crippen molar-refractivity contribution in [3.63, 3.8) is 0 Å². The first-order valence-corrected chi connectivity index (χ1v) is 18.5. The number of hydrogen-bond acceptors (Lipinski definition) is 6. The molecular formula is C40H44FN7O4S. The number of nitriles is 1. The van der Waals surface area contributed by atoms with E-state index in [9.17, 15) is 19.1 Å². The number of halogens is 1. The Balaban J connectivity index is 1.51. The van der Waals surface area contributed by atoms with E-state index in [4.69, 9.17) is 11.3 Å². The van der Waals surface area contributed by atoms with Crippen molar-refractivity contribution in [1.29, 1.82) is 5.26 Å². The zero-order valence-electron chi connectivity index (χ0n) is 30.7. The van der Waals surface area contributed by atoms with Gasteiger partial charge in [0.2, 0.25) is 0 Å². The number of anilines is 1. The van der Waals surface area contributed by atoms with Crippen molar-refractivity contribution in [1.82, 2.24) is 19.8 Å². The van der Waals surface area contributed by atoms with Gasteiger partial charge in [0, 0.05) is 6.54 Å². The maximum Gasteiger partial charge on any atom is 0.407 e. The van der Waals surface area contributed by atoms with Crippen LogP contribution in [0.3, 0.4) is 0 Å². The van der Waals surface area contributed by atoms with Crippen LogP contribution in [-0.4, -0.2) is 36.3 Å². The first-order valence-electron chi connectivity index (χ1n) is 17.4. The molecule has 11 nitrogen and oxygen atoms in total. The van der Waals surface area contributed by atoms with Gasteiger partial charge in [-0.2, -0.15) is 9.94 Å². The molecular weight excluding hydrogens is 694 g/mol. The van der Waals surface area contributed by atoms with Crippen LogP contribution in [0.25, 0.3) is 10.5 Å². The third kappa shape index (κ3) is 9.74. The van der Waals surface area contributed by atoms with Crippen LogP contribution in [0.1, 0.15) is 100.0 Å². The molecule has 276 valence electrons. The average molecular weight is 738 g/mol. The van der Waals surface area contributed by atoms with Crippen LogP contribution in [0.2, 0.25) is 0 Å². The Kier molecular flexibility index (Phi) is 11.5. The van der Waals surface area contributed by atoms with E-state index in [1.807, 2.05) is 32.9 Å². The lowest BCUT2D eigenvalue weighted by atomic mass is 9.79. The van der Waals surface area contributed by atoms with Gasteiger partial charge in [-0.1, -0.05) is 49.7 Å². The summed E-state index contributed by atoms with van der Waals surface area (Å²) in [6.07, 6.45) is 2.96. The second-order valence-corrected chi connectivity index (χ2v) is 17.1. The van der Waals surface area contributed by atoms with Crippen LogP contribution < -0.4 is 15.4 Å². The van der Waals surface area contributed by atoms with E-state index in [1.54, 1.807) is 69.3 Å². The molecule has 2 atom stereocenters. The number of nitrogens with one attached hydrogen (secondary N) is 3. The normalized spacial score (nSPS) is 14.7. The van der Waals surface area contributed by atoms with Gasteiger partial charge in [0.15, 0.2) is 0 Å². The minimum atomic E-state index is -1.56. The maximum atomic E-state index is 15.7. The number of alkyl carbamates (subject to hydrolysis) is 1. The smallest absolute Gasteiger partial charge is 0.407 e. The van der Waals surface area contributed by atoms with Gasteiger partial charge in [-0.15, -0.1) is 0 Å². The second-order valence-electron chi connectivity index (χ2n) is 15.1. The summed E-state index contributed by atoms with van der Waals surface area (Å²) in [5, 5.41) is 19.2. The molecule has 3 N–H and O–H groups in total. The van der Waals surface area contributed by atoms with Crippen LogP contribution >= 0.6 is 0 Å². The van der Waals surface area contributed by atoms with Crippen molar-refractivity contribution in [2.45, 2.75) is 89.7 Å². The summed E-state index contributed by atoms with van der Waals surface area (Å²) in [7, 11) is -1.56. The summed E-state index contributed by atoms with van der Waals surface area (Å²) in [4.78, 5) is 29.6. The third-order valence-electron chi connectivity index (χ3n) is 8.70. The van der Waals surface area contributed by atoms with Gasteiger partial charge < -0.3 is 20.2 Å². The number of carbonyl (C=O) groups excluding carboxylic acids is 2. The SMILES string of the molecule is [C-]#[N+]c1cc(C(=O)Nc2cc(C(CCC3CC3)(N[S@](=O)C(C)(C)C)c3ccc(C#N)cc3)ccc2F)n(-c2cccc(CNC(=O)OC(C)(C)C)c2)n1. The molecule has 13 heteroatoms. The van der Waals surface area contributed by atoms with E-state index in [0.29, 0.717) is 34.7 Å². The first-order chi connectivity index (χ1) is 25.0. The molecule has 0 bridgehead atoms. The molecule has 0 aliphatic heterocycles. The van der Waals surface area contributed by atoms with Gasteiger partial charge >= 0.3 is 6.09 Å². The molecule has 0 radical (unpaired) electrons. The monoisotopic (exact) mass is 737 g/mol. The largest absolute Gasteiger partial charge is 0.444 e. The number of benzene rings is 3. The maximum absolute atomic E-state index is 15.7. The Labute approximate surface area is 312 Å². The fourth-order valence-corrected chi connectivity index (χ4v) is 6.69. The molecule has 1 heterocycles. The zero-order valence-corrected chi connectivity index (χ0v) is 31.6. The topological polar surface area (TPSA) is 142 Å². The summed E-state index contributed by atoms with van der Waals surface area (Å²) >= 11 is 0. The molecule has 53 heavy (non-hydrogen) atoms. The lowest BCUT2D eigenvalue weighted by Crippen LogP contribution is -2.49. The second kappa shape index (κ2) is 15.7. The van der Waals surface area contributed by atoms with Crippen LogP contribution in [0.4, 0.5) is 20.7 Å². The molecule has 0 saturated heterocycles. The van der Waals surface area contributed by atoms with Crippen molar-refractivity contribution in [3.05, 3.63) is 118 Å². The van der Waals surface area contributed by atoms with Crippen LogP contribution in [0.15, 0.2) is 72.8 Å². The minimum Gasteiger partial charge on any atom is -0.444 e. The number of nitrogens with zero attached hydrogens (tertiary/aromatic N) is 4. The van der Waals surface area contributed by atoms with Gasteiger partial charge in [0.25, 0.3) is 11.7 Å².